The molecule has 0 aromatic heterocycles. The lowest BCUT2D eigenvalue weighted by atomic mass is 9.46. The largest absolute Gasteiger partial charge is 0.0654 e. The smallest absolute Gasteiger partial charge is 0.0187 e. The van der Waals surface area contributed by atoms with Gasteiger partial charge in [0.2, 0.25) is 0 Å². The van der Waals surface area contributed by atoms with E-state index >= 15 is 0 Å². The molecule has 3 aliphatic rings. The van der Waals surface area contributed by atoms with Gasteiger partial charge in [-0.2, -0.15) is 0 Å². The van der Waals surface area contributed by atoms with E-state index in [1.165, 1.54) is 103 Å². The first-order valence-electron chi connectivity index (χ1n) is 14.3. The summed E-state index contributed by atoms with van der Waals surface area (Å²) >= 11 is 0. The fourth-order valence-corrected chi connectivity index (χ4v) is 8.50. The molecule has 29 heavy (non-hydrogen) atoms. The molecule has 0 heterocycles. The van der Waals surface area contributed by atoms with Gasteiger partial charge in [0.25, 0.3) is 0 Å². The molecular formula is C29H54. The maximum Gasteiger partial charge on any atom is -0.0187 e. The Labute approximate surface area is 184 Å². The van der Waals surface area contributed by atoms with Gasteiger partial charge in [-0.3, -0.25) is 0 Å². The zero-order valence-electron chi connectivity index (χ0n) is 20.4. The topological polar surface area (TPSA) is 0 Å². The van der Waals surface area contributed by atoms with Gasteiger partial charge in [-0.05, 0) is 67.6 Å². The Kier molecular flexibility index (Phi) is 10.4. The van der Waals surface area contributed by atoms with Gasteiger partial charge in [0.1, 0.15) is 0 Å². The Bertz CT molecular complexity index is 360. The molecule has 3 rings (SSSR count). The van der Waals surface area contributed by atoms with E-state index in [1.54, 1.807) is 38.5 Å². The van der Waals surface area contributed by atoms with Crippen molar-refractivity contribution < 1.29 is 0 Å². The molecule has 0 nitrogen and oxygen atoms in total. The van der Waals surface area contributed by atoms with E-state index in [2.05, 4.69) is 13.8 Å². The Morgan fingerprint density at radius 1 is 0.552 bits per heavy atom. The second-order valence-corrected chi connectivity index (χ2v) is 11.5. The third kappa shape index (κ3) is 6.04. The van der Waals surface area contributed by atoms with Crippen LogP contribution in [0.15, 0.2) is 0 Å². The first-order chi connectivity index (χ1) is 14.3. The first-order valence-corrected chi connectivity index (χ1v) is 14.3. The Morgan fingerprint density at radius 2 is 0.931 bits per heavy atom. The van der Waals surface area contributed by atoms with Crippen LogP contribution in [-0.4, -0.2) is 0 Å². The Morgan fingerprint density at radius 3 is 1.34 bits per heavy atom. The molecule has 3 aliphatic carbocycles. The zero-order chi connectivity index (χ0) is 20.4. The molecule has 0 amide bonds. The van der Waals surface area contributed by atoms with Crippen molar-refractivity contribution in [3.05, 3.63) is 0 Å². The third-order valence-electron chi connectivity index (χ3n) is 9.78. The molecule has 0 radical (unpaired) electrons. The summed E-state index contributed by atoms with van der Waals surface area (Å²) in [5, 5.41) is 0. The summed E-state index contributed by atoms with van der Waals surface area (Å²) in [6.45, 7) is 5.10. The lowest BCUT2D eigenvalue weighted by molar-refractivity contribution is -0.0939. The van der Waals surface area contributed by atoms with Crippen molar-refractivity contribution >= 4 is 0 Å². The second kappa shape index (κ2) is 12.8. The summed E-state index contributed by atoms with van der Waals surface area (Å²) in [5.41, 5.74) is 0.713. The Hall–Kier alpha value is 0. The molecule has 0 aromatic carbocycles. The van der Waals surface area contributed by atoms with E-state index in [9.17, 15) is 0 Å². The van der Waals surface area contributed by atoms with Crippen LogP contribution in [0.1, 0.15) is 155 Å². The fraction of sp³-hybridized carbons (Fsp3) is 1.00. The standard InChI is InChI=1S/C29H54/c1-3-4-5-6-7-11-18-25(2)29(26-19-12-8-13-20-26,27-21-14-9-15-22-27)28-23-16-10-17-24-28/h25-28H,3-24H2,1-2H3. The number of unbranched alkanes of at least 4 members (excludes halogenated alkanes) is 5. The first kappa shape index (κ1) is 23.7. The van der Waals surface area contributed by atoms with Gasteiger partial charge in [0.15, 0.2) is 0 Å². The SMILES string of the molecule is CCCCCCCCC(C)C(C1CCCCC1)(C1CCCCC1)C1CCCCC1. The molecular weight excluding hydrogens is 348 g/mol. The van der Waals surface area contributed by atoms with Crippen LogP contribution in [0.2, 0.25) is 0 Å². The van der Waals surface area contributed by atoms with Crippen LogP contribution in [0.4, 0.5) is 0 Å². The molecule has 0 heteroatoms. The predicted octanol–water partition coefficient (Wildman–Crippen LogP) is 10.1. The van der Waals surface area contributed by atoms with Gasteiger partial charge in [0.05, 0.1) is 0 Å². The fourth-order valence-electron chi connectivity index (χ4n) is 8.50. The maximum absolute atomic E-state index is 2.75. The molecule has 0 aromatic rings. The minimum Gasteiger partial charge on any atom is -0.0654 e. The van der Waals surface area contributed by atoms with Crippen LogP contribution < -0.4 is 0 Å². The van der Waals surface area contributed by atoms with Crippen LogP contribution in [0.3, 0.4) is 0 Å². The van der Waals surface area contributed by atoms with Crippen LogP contribution in [0, 0.1) is 29.1 Å². The van der Waals surface area contributed by atoms with E-state index in [1.807, 2.05) is 0 Å². The van der Waals surface area contributed by atoms with E-state index < -0.39 is 0 Å². The third-order valence-corrected chi connectivity index (χ3v) is 9.78. The van der Waals surface area contributed by atoms with Gasteiger partial charge in [-0.25, -0.2) is 0 Å². The van der Waals surface area contributed by atoms with Crippen molar-refractivity contribution in [2.75, 3.05) is 0 Å². The summed E-state index contributed by atoms with van der Waals surface area (Å²) in [6.07, 6.45) is 33.6. The average molecular weight is 403 g/mol. The minimum atomic E-state index is 0.713. The highest BCUT2D eigenvalue weighted by molar-refractivity contribution is 5.02. The van der Waals surface area contributed by atoms with E-state index in [4.69, 9.17) is 0 Å². The normalized spacial score (nSPS) is 24.6. The van der Waals surface area contributed by atoms with Gasteiger partial charge < -0.3 is 0 Å². The summed E-state index contributed by atoms with van der Waals surface area (Å²) in [6, 6.07) is 0. The summed E-state index contributed by atoms with van der Waals surface area (Å²) < 4.78 is 0. The highest BCUT2D eigenvalue weighted by atomic mass is 14.6. The highest BCUT2D eigenvalue weighted by Gasteiger charge is 2.53. The lowest BCUT2D eigenvalue weighted by Crippen LogP contribution is -2.51. The number of rotatable bonds is 11. The quantitative estimate of drug-likeness (QED) is 0.301. The van der Waals surface area contributed by atoms with Crippen molar-refractivity contribution in [1.29, 1.82) is 0 Å². The molecule has 3 saturated carbocycles. The van der Waals surface area contributed by atoms with Gasteiger partial charge in [-0.1, -0.05) is 117 Å². The molecule has 1 atom stereocenters. The van der Waals surface area contributed by atoms with Crippen molar-refractivity contribution in [2.45, 2.75) is 155 Å². The van der Waals surface area contributed by atoms with Crippen LogP contribution in [-0.2, 0) is 0 Å². The monoisotopic (exact) mass is 402 g/mol. The second-order valence-electron chi connectivity index (χ2n) is 11.5. The van der Waals surface area contributed by atoms with Crippen LogP contribution >= 0.6 is 0 Å². The Balaban J connectivity index is 1.77. The molecule has 3 fully saturated rings. The highest BCUT2D eigenvalue weighted by Crippen LogP contribution is 2.61. The molecule has 0 spiro atoms. The van der Waals surface area contributed by atoms with Crippen molar-refractivity contribution in [1.82, 2.24) is 0 Å². The molecule has 0 saturated heterocycles. The summed E-state index contributed by atoms with van der Waals surface area (Å²) in [4.78, 5) is 0. The molecule has 0 bridgehead atoms. The number of hydrogen-bond donors (Lipinski definition) is 0. The zero-order valence-corrected chi connectivity index (χ0v) is 20.4. The van der Waals surface area contributed by atoms with Gasteiger partial charge in [0, 0.05) is 0 Å². The van der Waals surface area contributed by atoms with Crippen molar-refractivity contribution in [2.24, 2.45) is 29.1 Å². The minimum absolute atomic E-state index is 0.713. The van der Waals surface area contributed by atoms with Gasteiger partial charge in [-0.15, -0.1) is 0 Å². The molecule has 0 aliphatic heterocycles. The van der Waals surface area contributed by atoms with Crippen LogP contribution in [0.25, 0.3) is 0 Å². The molecule has 170 valence electrons. The number of hydrogen-bond acceptors (Lipinski definition) is 0. The van der Waals surface area contributed by atoms with E-state index in [-0.39, 0.29) is 0 Å². The van der Waals surface area contributed by atoms with Crippen molar-refractivity contribution in [3.63, 3.8) is 0 Å². The van der Waals surface area contributed by atoms with E-state index in [0.29, 0.717) is 5.41 Å². The predicted molar refractivity (Wildman–Crippen MR) is 129 cm³/mol. The van der Waals surface area contributed by atoms with Gasteiger partial charge >= 0.3 is 0 Å². The molecule has 1 unspecified atom stereocenters. The van der Waals surface area contributed by atoms with E-state index in [0.717, 1.165) is 23.7 Å². The molecule has 0 N–H and O–H groups in total. The summed E-state index contributed by atoms with van der Waals surface area (Å²) in [7, 11) is 0. The summed E-state index contributed by atoms with van der Waals surface area (Å²) in [5.74, 6) is 4.18. The van der Waals surface area contributed by atoms with Crippen LogP contribution in [0.5, 0.6) is 0 Å². The van der Waals surface area contributed by atoms with Crippen molar-refractivity contribution in [3.8, 4) is 0 Å². The lowest BCUT2D eigenvalue weighted by Gasteiger charge is -2.58. The maximum atomic E-state index is 2.75. The average Bonchev–Trinajstić information content (AvgIpc) is 2.79.